The van der Waals surface area contributed by atoms with Gasteiger partial charge < -0.3 is 10.6 Å². The summed E-state index contributed by atoms with van der Waals surface area (Å²) in [5.41, 5.74) is 8.19. The van der Waals surface area contributed by atoms with Crippen molar-refractivity contribution in [2.24, 2.45) is 0 Å². The number of piperazine rings is 1. The second-order valence-corrected chi connectivity index (χ2v) is 3.89. The number of hydrogen-bond donors (Lipinski definition) is 2. The summed E-state index contributed by atoms with van der Waals surface area (Å²) < 4.78 is 0. The highest BCUT2D eigenvalue weighted by Crippen LogP contribution is 2.24. The van der Waals surface area contributed by atoms with Crippen LogP contribution in [0.2, 0.25) is 0 Å². The van der Waals surface area contributed by atoms with Crippen LogP contribution < -0.4 is 16.0 Å². The summed E-state index contributed by atoms with van der Waals surface area (Å²) in [5.74, 6) is -0.589. The van der Waals surface area contributed by atoms with Gasteiger partial charge in [-0.05, 0) is 24.6 Å². The van der Waals surface area contributed by atoms with Crippen LogP contribution >= 0.6 is 0 Å². The van der Waals surface area contributed by atoms with E-state index in [1.165, 1.54) is 0 Å². The van der Waals surface area contributed by atoms with Crippen LogP contribution in [0.4, 0.5) is 11.4 Å². The molecular weight excluding hydrogens is 206 g/mol. The third-order valence-corrected chi connectivity index (χ3v) is 2.47. The van der Waals surface area contributed by atoms with Gasteiger partial charge in [0.2, 0.25) is 11.8 Å². The summed E-state index contributed by atoms with van der Waals surface area (Å²) in [6.07, 6.45) is 0. The van der Waals surface area contributed by atoms with E-state index in [-0.39, 0.29) is 24.9 Å². The van der Waals surface area contributed by atoms with Crippen molar-refractivity contribution >= 4 is 23.2 Å². The fourth-order valence-corrected chi connectivity index (χ4v) is 1.74. The van der Waals surface area contributed by atoms with Crippen molar-refractivity contribution in [3.05, 3.63) is 23.8 Å². The maximum Gasteiger partial charge on any atom is 0.246 e. The van der Waals surface area contributed by atoms with Crippen molar-refractivity contribution < 1.29 is 9.59 Å². The number of amides is 2. The Kier molecular flexibility index (Phi) is 2.52. The molecule has 2 rings (SSSR count). The highest BCUT2D eigenvalue weighted by Gasteiger charge is 2.23. The summed E-state index contributed by atoms with van der Waals surface area (Å²) >= 11 is 0. The standard InChI is InChI=1S/C11H13N3O2/c1-7-2-3-8(12)9(4-7)14-5-10(15)13-11(16)6-14/h2-4H,5-6,12H2,1H3,(H,13,15,16). The number of nitrogens with zero attached hydrogens (tertiary/aromatic N) is 1. The molecule has 0 radical (unpaired) electrons. The molecule has 1 fully saturated rings. The van der Waals surface area contributed by atoms with E-state index in [0.29, 0.717) is 5.69 Å². The van der Waals surface area contributed by atoms with E-state index >= 15 is 0 Å². The third-order valence-electron chi connectivity index (χ3n) is 2.47. The lowest BCUT2D eigenvalue weighted by Gasteiger charge is -2.28. The Morgan fingerprint density at radius 1 is 1.25 bits per heavy atom. The van der Waals surface area contributed by atoms with Gasteiger partial charge in [-0.2, -0.15) is 0 Å². The molecular formula is C11H13N3O2. The molecule has 1 aliphatic heterocycles. The number of hydrogen-bond acceptors (Lipinski definition) is 4. The van der Waals surface area contributed by atoms with Crippen LogP contribution in [-0.4, -0.2) is 24.9 Å². The summed E-state index contributed by atoms with van der Waals surface area (Å²) in [4.78, 5) is 24.2. The largest absolute Gasteiger partial charge is 0.397 e. The Balaban J connectivity index is 2.32. The van der Waals surface area contributed by atoms with Crippen LogP contribution in [0.15, 0.2) is 18.2 Å². The highest BCUT2D eigenvalue weighted by atomic mass is 16.2. The number of carbonyl (C=O) groups is 2. The zero-order valence-electron chi connectivity index (χ0n) is 8.99. The number of benzene rings is 1. The third kappa shape index (κ3) is 1.98. The molecule has 0 atom stereocenters. The van der Waals surface area contributed by atoms with E-state index < -0.39 is 0 Å². The number of anilines is 2. The number of nitrogen functional groups attached to an aromatic ring is 1. The van der Waals surface area contributed by atoms with Gasteiger partial charge in [0.25, 0.3) is 0 Å². The Morgan fingerprint density at radius 2 is 1.88 bits per heavy atom. The molecule has 1 aromatic carbocycles. The number of imide groups is 1. The van der Waals surface area contributed by atoms with Gasteiger partial charge >= 0.3 is 0 Å². The van der Waals surface area contributed by atoms with Crippen LogP contribution in [0.5, 0.6) is 0 Å². The number of nitrogens with one attached hydrogen (secondary N) is 1. The van der Waals surface area contributed by atoms with Gasteiger partial charge in [-0.1, -0.05) is 6.07 Å². The van der Waals surface area contributed by atoms with Crippen molar-refractivity contribution in [2.45, 2.75) is 6.92 Å². The molecule has 5 heteroatoms. The first-order chi connectivity index (χ1) is 7.56. The van der Waals surface area contributed by atoms with Crippen LogP contribution in [0.3, 0.4) is 0 Å². The van der Waals surface area contributed by atoms with Crippen LogP contribution in [0, 0.1) is 6.92 Å². The van der Waals surface area contributed by atoms with Gasteiger partial charge in [-0.3, -0.25) is 14.9 Å². The summed E-state index contributed by atoms with van der Waals surface area (Å²) in [6.45, 7) is 2.27. The quantitative estimate of drug-likeness (QED) is 0.516. The number of aryl methyl sites for hydroxylation is 1. The van der Waals surface area contributed by atoms with Gasteiger partial charge in [0.1, 0.15) is 0 Å². The van der Waals surface area contributed by atoms with Crippen molar-refractivity contribution in [3.8, 4) is 0 Å². The number of rotatable bonds is 1. The molecule has 0 saturated carbocycles. The first-order valence-electron chi connectivity index (χ1n) is 5.00. The van der Waals surface area contributed by atoms with E-state index in [4.69, 9.17) is 5.73 Å². The SMILES string of the molecule is Cc1ccc(N)c(N2CC(=O)NC(=O)C2)c1. The van der Waals surface area contributed by atoms with Gasteiger partial charge in [-0.15, -0.1) is 0 Å². The van der Waals surface area contributed by atoms with E-state index in [1.54, 1.807) is 11.0 Å². The van der Waals surface area contributed by atoms with E-state index in [2.05, 4.69) is 5.32 Å². The summed E-state index contributed by atoms with van der Waals surface area (Å²) in [7, 11) is 0. The lowest BCUT2D eigenvalue weighted by molar-refractivity contribution is -0.130. The predicted octanol–water partition coefficient (Wildman–Crippen LogP) is 0.0400. The molecule has 1 saturated heterocycles. The molecule has 84 valence electrons. The molecule has 0 aromatic heterocycles. The zero-order valence-corrected chi connectivity index (χ0v) is 8.99. The molecule has 0 unspecified atom stereocenters. The van der Waals surface area contributed by atoms with Crippen molar-refractivity contribution in [1.29, 1.82) is 0 Å². The number of nitrogens with two attached hydrogens (primary N) is 1. The van der Waals surface area contributed by atoms with Crippen LogP contribution in [-0.2, 0) is 9.59 Å². The molecule has 1 aromatic rings. The molecule has 1 aliphatic rings. The second-order valence-electron chi connectivity index (χ2n) is 3.89. The minimum atomic E-state index is -0.294. The summed E-state index contributed by atoms with van der Waals surface area (Å²) in [5, 5.41) is 2.25. The van der Waals surface area contributed by atoms with Crippen molar-refractivity contribution in [3.63, 3.8) is 0 Å². The monoisotopic (exact) mass is 219 g/mol. The van der Waals surface area contributed by atoms with E-state index in [1.807, 2.05) is 19.1 Å². The van der Waals surface area contributed by atoms with Gasteiger partial charge in [0, 0.05) is 0 Å². The fourth-order valence-electron chi connectivity index (χ4n) is 1.74. The van der Waals surface area contributed by atoms with Crippen molar-refractivity contribution in [1.82, 2.24) is 5.32 Å². The molecule has 3 N–H and O–H groups in total. The highest BCUT2D eigenvalue weighted by molar-refractivity contribution is 6.03. The molecule has 1 heterocycles. The fraction of sp³-hybridized carbons (Fsp3) is 0.273. The number of carbonyl (C=O) groups excluding carboxylic acids is 2. The molecule has 16 heavy (non-hydrogen) atoms. The van der Waals surface area contributed by atoms with Gasteiger partial charge in [-0.25, -0.2) is 0 Å². The first-order valence-corrected chi connectivity index (χ1v) is 5.00. The first kappa shape index (κ1) is 10.5. The zero-order chi connectivity index (χ0) is 11.7. The molecule has 5 nitrogen and oxygen atoms in total. The second kappa shape index (κ2) is 3.84. The topological polar surface area (TPSA) is 75.4 Å². The van der Waals surface area contributed by atoms with Gasteiger partial charge in [0.05, 0.1) is 24.5 Å². The summed E-state index contributed by atoms with van der Waals surface area (Å²) in [6, 6.07) is 5.55. The molecule has 0 aliphatic carbocycles. The van der Waals surface area contributed by atoms with Gasteiger partial charge in [0.15, 0.2) is 0 Å². The minimum Gasteiger partial charge on any atom is -0.397 e. The minimum absolute atomic E-state index is 0.166. The van der Waals surface area contributed by atoms with Crippen molar-refractivity contribution in [2.75, 3.05) is 23.7 Å². The van der Waals surface area contributed by atoms with E-state index in [9.17, 15) is 9.59 Å². The predicted molar refractivity (Wildman–Crippen MR) is 61.0 cm³/mol. The Bertz CT molecular complexity index is 441. The maximum atomic E-state index is 11.2. The Morgan fingerprint density at radius 3 is 2.50 bits per heavy atom. The Hall–Kier alpha value is -2.04. The van der Waals surface area contributed by atoms with E-state index in [0.717, 1.165) is 11.3 Å². The molecule has 0 bridgehead atoms. The lowest BCUT2D eigenvalue weighted by atomic mass is 10.1. The maximum absolute atomic E-state index is 11.2. The molecule has 0 spiro atoms. The van der Waals surface area contributed by atoms with Crippen LogP contribution in [0.1, 0.15) is 5.56 Å². The smallest absolute Gasteiger partial charge is 0.246 e. The molecule has 2 amide bonds. The van der Waals surface area contributed by atoms with Crippen LogP contribution in [0.25, 0.3) is 0 Å². The average Bonchev–Trinajstić information content (AvgIpc) is 2.20. The Labute approximate surface area is 93.2 Å². The average molecular weight is 219 g/mol. The lowest BCUT2D eigenvalue weighted by Crippen LogP contribution is -2.51. The normalized spacial score (nSPS) is 16.2.